The maximum absolute atomic E-state index is 13.9. The predicted molar refractivity (Wildman–Crippen MR) is 214 cm³/mol. The molecule has 57 heavy (non-hydrogen) atoms. The summed E-state index contributed by atoms with van der Waals surface area (Å²) >= 11 is 0.934. The lowest BCUT2D eigenvalue weighted by Crippen LogP contribution is -2.34. The van der Waals surface area contributed by atoms with Crippen LogP contribution in [-0.2, 0) is 28.6 Å². The number of thiazole rings is 1. The number of alkyl carbamates (subject to hydrolysis) is 1. The summed E-state index contributed by atoms with van der Waals surface area (Å²) in [5.41, 5.74) is 5.88. The molecule has 0 aliphatic rings. The fraction of sp³-hybridized carbons (Fsp3) is 0.325. The standard InChI is InChI=1S/C40H46N6O10S/c1-39(2,3)54-37(50)43-22-21-42-33(41)27-17-19-28(20-18-27)52-23-30(35(49)53-32(25-13-9-7-10-14-25)26-15-11-8-12-16-26)56-46-31(34(47)48)29-24-57-36(44-29)45-38(51)55-40(4,5)6/h7-20,24,30,32H,21-23H2,1-6H3,(H2,41,42)(H,43,50)(H,47,48)(H,44,45,51)/b46-31-/t30-/m0/s1. The molecule has 17 heteroatoms. The predicted octanol–water partition coefficient (Wildman–Crippen LogP) is 6.31. The number of carboxylic acids is 1. The number of carbonyl (C=O) groups excluding carboxylic acids is 3. The lowest BCUT2D eigenvalue weighted by molar-refractivity contribution is -0.163. The minimum atomic E-state index is -1.57. The molecule has 3 aromatic carbocycles. The number of hydrogen-bond donors (Lipinski definition) is 4. The van der Waals surface area contributed by atoms with E-state index in [0.717, 1.165) is 11.3 Å². The van der Waals surface area contributed by atoms with Crippen molar-refractivity contribution in [2.75, 3.05) is 25.0 Å². The molecule has 0 saturated heterocycles. The number of aromatic nitrogens is 1. The van der Waals surface area contributed by atoms with Gasteiger partial charge in [0.05, 0.1) is 6.54 Å². The summed E-state index contributed by atoms with van der Waals surface area (Å²) in [6.45, 7) is 10.3. The van der Waals surface area contributed by atoms with Crippen LogP contribution in [0.4, 0.5) is 14.7 Å². The third-order valence-corrected chi connectivity index (χ3v) is 7.90. The molecule has 0 bridgehead atoms. The van der Waals surface area contributed by atoms with E-state index < -0.39 is 59.9 Å². The van der Waals surface area contributed by atoms with Crippen molar-refractivity contribution in [3.63, 3.8) is 0 Å². The fourth-order valence-electron chi connectivity index (χ4n) is 4.69. The number of nitrogens with one attached hydrogen (secondary N) is 2. The molecule has 4 rings (SSSR count). The number of amides is 2. The van der Waals surface area contributed by atoms with Gasteiger partial charge in [-0.05, 0) is 76.9 Å². The summed E-state index contributed by atoms with van der Waals surface area (Å²) in [6.07, 6.45) is -3.77. The third-order valence-electron chi connectivity index (χ3n) is 7.14. The summed E-state index contributed by atoms with van der Waals surface area (Å²) in [6, 6.07) is 24.6. The van der Waals surface area contributed by atoms with E-state index in [4.69, 9.17) is 29.5 Å². The van der Waals surface area contributed by atoms with E-state index in [2.05, 4.69) is 25.8 Å². The maximum atomic E-state index is 13.9. The first-order valence-corrected chi connectivity index (χ1v) is 18.6. The Balaban J connectivity index is 1.52. The monoisotopic (exact) mass is 802 g/mol. The summed E-state index contributed by atoms with van der Waals surface area (Å²) in [7, 11) is 0. The van der Waals surface area contributed by atoms with Gasteiger partial charge in [0.25, 0.3) is 6.10 Å². The first kappa shape index (κ1) is 43.2. The molecule has 5 N–H and O–H groups in total. The van der Waals surface area contributed by atoms with Crippen LogP contribution >= 0.6 is 11.3 Å². The maximum Gasteiger partial charge on any atom is 0.413 e. The van der Waals surface area contributed by atoms with Crippen LogP contribution in [-0.4, -0.2) is 82.8 Å². The molecule has 0 fully saturated rings. The number of carboxylic acid groups (broad SMARTS) is 1. The number of esters is 1. The summed E-state index contributed by atoms with van der Waals surface area (Å²) in [5, 5.41) is 20.3. The number of ether oxygens (including phenoxy) is 4. The Morgan fingerprint density at radius 3 is 1.98 bits per heavy atom. The average molecular weight is 803 g/mol. The van der Waals surface area contributed by atoms with E-state index in [1.807, 2.05) is 36.4 Å². The zero-order valence-electron chi connectivity index (χ0n) is 32.4. The quantitative estimate of drug-likeness (QED) is 0.0245. The topological polar surface area (TPSA) is 222 Å². The molecule has 0 aliphatic carbocycles. The molecule has 1 heterocycles. The first-order valence-electron chi connectivity index (χ1n) is 17.7. The Morgan fingerprint density at radius 1 is 0.842 bits per heavy atom. The number of hydrogen-bond acceptors (Lipinski definition) is 13. The number of anilines is 1. The lowest BCUT2D eigenvalue weighted by Gasteiger charge is -2.22. The van der Waals surface area contributed by atoms with Crippen molar-refractivity contribution in [2.24, 2.45) is 15.9 Å². The lowest BCUT2D eigenvalue weighted by atomic mass is 10.0. The van der Waals surface area contributed by atoms with Gasteiger partial charge in [-0.15, -0.1) is 11.3 Å². The first-order chi connectivity index (χ1) is 27.0. The van der Waals surface area contributed by atoms with Crippen LogP contribution in [0, 0.1) is 0 Å². The highest BCUT2D eigenvalue weighted by Crippen LogP contribution is 2.27. The van der Waals surface area contributed by atoms with Crippen LogP contribution < -0.4 is 21.1 Å². The molecule has 302 valence electrons. The summed E-state index contributed by atoms with van der Waals surface area (Å²) in [5.74, 6) is -1.90. The minimum Gasteiger partial charge on any atom is -0.489 e. The van der Waals surface area contributed by atoms with Gasteiger partial charge in [-0.25, -0.2) is 24.2 Å². The molecule has 1 aromatic heterocycles. The van der Waals surface area contributed by atoms with Crippen molar-refractivity contribution in [2.45, 2.75) is 65.0 Å². The van der Waals surface area contributed by atoms with Gasteiger partial charge in [0.1, 0.15) is 35.1 Å². The van der Waals surface area contributed by atoms with E-state index in [-0.39, 0.29) is 29.8 Å². The number of carbonyl (C=O) groups is 4. The van der Waals surface area contributed by atoms with Crippen LogP contribution in [0.15, 0.2) is 100 Å². The number of amidine groups is 1. The van der Waals surface area contributed by atoms with Gasteiger partial charge in [0, 0.05) is 17.5 Å². The van der Waals surface area contributed by atoms with Gasteiger partial charge >= 0.3 is 24.1 Å². The van der Waals surface area contributed by atoms with E-state index in [1.54, 1.807) is 90.1 Å². The SMILES string of the molecule is CC(C)(C)OC(=O)NCCN=C(N)c1ccc(OC[C@H](O/N=C(\C(=O)O)c2csc(NC(=O)OC(C)(C)C)n2)C(=O)OC(c2ccccc2)c2ccccc2)cc1. The second-order valence-electron chi connectivity index (χ2n) is 14.2. The van der Waals surface area contributed by atoms with Crippen LogP contribution in [0.5, 0.6) is 5.75 Å². The molecule has 16 nitrogen and oxygen atoms in total. The molecule has 0 aliphatic heterocycles. The van der Waals surface area contributed by atoms with Gasteiger partial charge in [-0.2, -0.15) is 0 Å². The van der Waals surface area contributed by atoms with Crippen LogP contribution in [0.25, 0.3) is 0 Å². The molecule has 1 atom stereocenters. The van der Waals surface area contributed by atoms with E-state index in [1.165, 1.54) is 5.38 Å². The minimum absolute atomic E-state index is 0.0488. The number of benzene rings is 3. The summed E-state index contributed by atoms with van der Waals surface area (Å²) in [4.78, 5) is 64.3. The Bertz CT molecular complexity index is 1990. The van der Waals surface area contributed by atoms with E-state index in [0.29, 0.717) is 22.4 Å². The normalized spacial score (nSPS) is 12.6. The molecule has 2 amide bonds. The van der Waals surface area contributed by atoms with Gasteiger partial charge in [-0.3, -0.25) is 10.3 Å². The highest BCUT2D eigenvalue weighted by Gasteiger charge is 2.30. The van der Waals surface area contributed by atoms with Crippen LogP contribution in [0.2, 0.25) is 0 Å². The number of rotatable bonds is 16. The largest absolute Gasteiger partial charge is 0.489 e. The van der Waals surface area contributed by atoms with Crippen molar-refractivity contribution in [1.82, 2.24) is 10.3 Å². The second-order valence-corrected chi connectivity index (χ2v) is 15.0. The Hall–Kier alpha value is -6.49. The third kappa shape index (κ3) is 14.6. The average Bonchev–Trinajstić information content (AvgIpc) is 3.60. The van der Waals surface area contributed by atoms with Crippen molar-refractivity contribution in [1.29, 1.82) is 0 Å². The molecular weight excluding hydrogens is 757 g/mol. The van der Waals surface area contributed by atoms with Gasteiger partial charge in [0.2, 0.25) is 5.71 Å². The number of aliphatic imine (C=N–C) groups is 1. The smallest absolute Gasteiger partial charge is 0.413 e. The molecule has 0 spiro atoms. The number of nitrogens with zero attached hydrogens (tertiary/aromatic N) is 3. The molecule has 0 saturated carbocycles. The van der Waals surface area contributed by atoms with Crippen LogP contribution in [0.1, 0.15) is 70.0 Å². The number of oxime groups is 1. The summed E-state index contributed by atoms with van der Waals surface area (Å²) < 4.78 is 22.3. The molecule has 4 aromatic rings. The molecule has 0 unspecified atom stereocenters. The van der Waals surface area contributed by atoms with Crippen molar-refractivity contribution >= 4 is 52.1 Å². The van der Waals surface area contributed by atoms with Gasteiger partial charge in [0.15, 0.2) is 11.2 Å². The number of nitrogens with two attached hydrogens (primary N) is 1. The highest BCUT2D eigenvalue weighted by atomic mass is 32.1. The van der Waals surface area contributed by atoms with Crippen LogP contribution in [0.3, 0.4) is 0 Å². The Morgan fingerprint density at radius 2 is 1.42 bits per heavy atom. The fourth-order valence-corrected chi connectivity index (χ4v) is 5.37. The molecule has 0 radical (unpaired) electrons. The van der Waals surface area contributed by atoms with E-state index in [9.17, 15) is 24.3 Å². The van der Waals surface area contributed by atoms with Crippen molar-refractivity contribution in [3.05, 3.63) is 113 Å². The Labute approximate surface area is 334 Å². The zero-order valence-corrected chi connectivity index (χ0v) is 33.2. The van der Waals surface area contributed by atoms with Crippen molar-refractivity contribution in [3.8, 4) is 5.75 Å². The van der Waals surface area contributed by atoms with Gasteiger partial charge < -0.3 is 39.9 Å². The zero-order chi connectivity index (χ0) is 41.6. The van der Waals surface area contributed by atoms with E-state index >= 15 is 0 Å². The highest BCUT2D eigenvalue weighted by molar-refractivity contribution is 7.14. The Kier molecular flexibility index (Phi) is 15.1. The van der Waals surface area contributed by atoms with Gasteiger partial charge in [-0.1, -0.05) is 65.8 Å². The molecular formula is C40H46N6O10S. The van der Waals surface area contributed by atoms with Crippen molar-refractivity contribution < 1.29 is 48.1 Å². The second kappa shape index (κ2) is 19.9. The number of aliphatic carboxylic acids is 1.